The van der Waals surface area contributed by atoms with Crippen LogP contribution >= 0.6 is 0 Å². The molecule has 1 aliphatic rings. The Morgan fingerprint density at radius 2 is 2.00 bits per heavy atom. The largest absolute Gasteiger partial charge is 0.463 e. The maximum Gasteiger partial charge on any atom is 0.118 e. The van der Waals surface area contributed by atoms with Crippen LogP contribution in [0.4, 0.5) is 0 Å². The van der Waals surface area contributed by atoms with Crippen LogP contribution in [0.3, 0.4) is 0 Å². The van der Waals surface area contributed by atoms with E-state index in [0.29, 0.717) is 0 Å². The summed E-state index contributed by atoms with van der Waals surface area (Å²) in [7, 11) is 2.24. The molecule has 1 fully saturated rings. The molecule has 0 radical (unpaired) electrons. The van der Waals surface area contributed by atoms with Crippen LogP contribution in [0.15, 0.2) is 16.5 Å². The predicted octanol–water partition coefficient (Wildman–Crippen LogP) is 3.40. The lowest BCUT2D eigenvalue weighted by Gasteiger charge is -2.35. The molecule has 1 saturated carbocycles. The standard InChI is InChI=1S/C16H28N2O/c1-4-17-11-14-9-10-15(19-14)12-18(3)16-8-6-5-7-13(16)2/h9-10,13,16-17H,4-8,11-12H2,1-3H3. The molecular formula is C16H28N2O. The molecule has 0 amide bonds. The van der Waals surface area contributed by atoms with Crippen LogP contribution < -0.4 is 5.32 Å². The quantitative estimate of drug-likeness (QED) is 0.853. The third-order valence-electron chi connectivity index (χ3n) is 4.30. The van der Waals surface area contributed by atoms with Crippen molar-refractivity contribution in [1.82, 2.24) is 10.2 Å². The van der Waals surface area contributed by atoms with Crippen LogP contribution in [0, 0.1) is 5.92 Å². The lowest BCUT2D eigenvalue weighted by molar-refractivity contribution is 0.125. The van der Waals surface area contributed by atoms with Crippen LogP contribution in [-0.4, -0.2) is 24.5 Å². The van der Waals surface area contributed by atoms with Crippen molar-refractivity contribution < 1.29 is 4.42 Å². The second-order valence-corrected chi connectivity index (χ2v) is 5.89. The van der Waals surface area contributed by atoms with Gasteiger partial charge in [-0.05, 0) is 44.5 Å². The minimum atomic E-state index is 0.719. The van der Waals surface area contributed by atoms with Gasteiger partial charge in [0.15, 0.2) is 0 Å². The average Bonchev–Trinajstić information content (AvgIpc) is 2.84. The van der Waals surface area contributed by atoms with Crippen molar-refractivity contribution in [2.75, 3.05) is 13.6 Å². The summed E-state index contributed by atoms with van der Waals surface area (Å²) in [4.78, 5) is 2.47. The Kier molecular flexibility index (Phi) is 5.46. The zero-order valence-electron chi connectivity index (χ0n) is 12.6. The molecule has 2 unspecified atom stereocenters. The maximum absolute atomic E-state index is 5.88. The van der Waals surface area contributed by atoms with E-state index in [-0.39, 0.29) is 0 Å². The highest BCUT2D eigenvalue weighted by Crippen LogP contribution is 2.28. The van der Waals surface area contributed by atoms with Crippen molar-refractivity contribution >= 4 is 0 Å². The summed E-state index contributed by atoms with van der Waals surface area (Å²) in [6.07, 6.45) is 5.49. The smallest absolute Gasteiger partial charge is 0.118 e. The summed E-state index contributed by atoms with van der Waals surface area (Å²) in [6.45, 7) is 7.25. The zero-order valence-corrected chi connectivity index (χ0v) is 12.6. The van der Waals surface area contributed by atoms with Crippen LogP contribution in [0.25, 0.3) is 0 Å². The molecule has 108 valence electrons. The fourth-order valence-electron chi connectivity index (χ4n) is 3.17. The second-order valence-electron chi connectivity index (χ2n) is 5.89. The van der Waals surface area contributed by atoms with Gasteiger partial charge in [-0.3, -0.25) is 4.90 Å². The van der Waals surface area contributed by atoms with Crippen LogP contribution in [0.5, 0.6) is 0 Å². The normalized spacial score (nSPS) is 24.0. The average molecular weight is 264 g/mol. The van der Waals surface area contributed by atoms with Gasteiger partial charge >= 0.3 is 0 Å². The Morgan fingerprint density at radius 1 is 1.26 bits per heavy atom. The molecule has 0 bridgehead atoms. The molecule has 1 heterocycles. The second kappa shape index (κ2) is 7.11. The highest BCUT2D eigenvalue weighted by molar-refractivity contribution is 5.07. The van der Waals surface area contributed by atoms with Crippen molar-refractivity contribution in [3.63, 3.8) is 0 Å². The number of hydrogen-bond acceptors (Lipinski definition) is 3. The lowest BCUT2D eigenvalue weighted by atomic mass is 9.85. The van der Waals surface area contributed by atoms with Crippen molar-refractivity contribution in [2.24, 2.45) is 5.92 Å². The number of nitrogens with one attached hydrogen (secondary N) is 1. The Labute approximate surface area is 117 Å². The van der Waals surface area contributed by atoms with Gasteiger partial charge in [-0.2, -0.15) is 0 Å². The molecule has 0 aromatic carbocycles. The van der Waals surface area contributed by atoms with E-state index in [1.165, 1.54) is 25.7 Å². The molecule has 0 spiro atoms. The summed E-state index contributed by atoms with van der Waals surface area (Å²) in [5.41, 5.74) is 0. The predicted molar refractivity (Wildman–Crippen MR) is 79.0 cm³/mol. The molecule has 2 atom stereocenters. The van der Waals surface area contributed by atoms with Crippen molar-refractivity contribution in [3.8, 4) is 0 Å². The van der Waals surface area contributed by atoms with Crippen molar-refractivity contribution in [3.05, 3.63) is 23.7 Å². The van der Waals surface area contributed by atoms with E-state index in [9.17, 15) is 0 Å². The summed E-state index contributed by atoms with van der Waals surface area (Å²) < 4.78 is 5.88. The van der Waals surface area contributed by atoms with E-state index < -0.39 is 0 Å². The highest BCUT2D eigenvalue weighted by atomic mass is 16.3. The van der Waals surface area contributed by atoms with Gasteiger partial charge in [-0.15, -0.1) is 0 Å². The van der Waals surface area contributed by atoms with Crippen molar-refractivity contribution in [1.29, 1.82) is 0 Å². The van der Waals surface area contributed by atoms with Gasteiger partial charge in [-0.1, -0.05) is 26.7 Å². The number of rotatable bonds is 6. The number of hydrogen-bond donors (Lipinski definition) is 1. The summed E-state index contributed by atoms with van der Waals surface area (Å²) in [5, 5.41) is 3.29. The molecule has 0 aliphatic heterocycles. The Morgan fingerprint density at radius 3 is 2.74 bits per heavy atom. The molecule has 3 nitrogen and oxygen atoms in total. The van der Waals surface area contributed by atoms with E-state index in [2.05, 4.69) is 43.2 Å². The first kappa shape index (κ1) is 14.6. The highest BCUT2D eigenvalue weighted by Gasteiger charge is 2.25. The summed E-state index contributed by atoms with van der Waals surface area (Å²) in [5.74, 6) is 2.95. The molecule has 1 aromatic rings. The van der Waals surface area contributed by atoms with E-state index in [1.807, 2.05) is 0 Å². The van der Waals surface area contributed by atoms with Gasteiger partial charge in [0.1, 0.15) is 11.5 Å². The van der Waals surface area contributed by atoms with Gasteiger partial charge in [0.05, 0.1) is 13.1 Å². The van der Waals surface area contributed by atoms with Gasteiger partial charge in [0.2, 0.25) is 0 Å². The first-order chi connectivity index (χ1) is 9.20. The molecule has 1 aromatic heterocycles. The van der Waals surface area contributed by atoms with E-state index in [1.54, 1.807) is 0 Å². The summed E-state index contributed by atoms with van der Waals surface area (Å²) >= 11 is 0. The monoisotopic (exact) mass is 264 g/mol. The fraction of sp³-hybridized carbons (Fsp3) is 0.750. The molecule has 3 heteroatoms. The maximum atomic E-state index is 5.88. The van der Waals surface area contributed by atoms with Gasteiger partial charge in [0, 0.05) is 6.04 Å². The third-order valence-corrected chi connectivity index (χ3v) is 4.30. The summed E-state index contributed by atoms with van der Waals surface area (Å²) in [6, 6.07) is 4.93. The van der Waals surface area contributed by atoms with Crippen LogP contribution in [-0.2, 0) is 13.1 Å². The number of furan rings is 1. The minimum absolute atomic E-state index is 0.719. The molecule has 0 saturated heterocycles. The van der Waals surface area contributed by atoms with Gasteiger partial charge in [-0.25, -0.2) is 0 Å². The topological polar surface area (TPSA) is 28.4 Å². The van der Waals surface area contributed by atoms with E-state index in [4.69, 9.17) is 4.42 Å². The van der Waals surface area contributed by atoms with Crippen LogP contribution in [0.1, 0.15) is 51.1 Å². The number of nitrogens with zero attached hydrogens (tertiary/aromatic N) is 1. The van der Waals surface area contributed by atoms with Crippen molar-refractivity contribution in [2.45, 2.75) is 58.7 Å². The van der Waals surface area contributed by atoms with Gasteiger partial charge in [0.25, 0.3) is 0 Å². The fourth-order valence-corrected chi connectivity index (χ4v) is 3.17. The SMILES string of the molecule is CCNCc1ccc(CN(C)C2CCCCC2C)o1. The molecule has 1 N–H and O–H groups in total. The first-order valence-corrected chi connectivity index (χ1v) is 7.69. The Balaban J connectivity index is 1.87. The Bertz CT molecular complexity index is 375. The Hall–Kier alpha value is -0.800. The molecule has 2 rings (SSSR count). The molecule has 1 aliphatic carbocycles. The van der Waals surface area contributed by atoms with E-state index >= 15 is 0 Å². The molecule has 19 heavy (non-hydrogen) atoms. The van der Waals surface area contributed by atoms with Gasteiger partial charge < -0.3 is 9.73 Å². The first-order valence-electron chi connectivity index (χ1n) is 7.69. The third kappa shape index (κ3) is 4.08. The molecular weight excluding hydrogens is 236 g/mol. The minimum Gasteiger partial charge on any atom is -0.463 e. The van der Waals surface area contributed by atoms with Crippen LogP contribution in [0.2, 0.25) is 0 Å². The van der Waals surface area contributed by atoms with E-state index in [0.717, 1.165) is 43.1 Å². The zero-order chi connectivity index (χ0) is 13.7. The lowest BCUT2D eigenvalue weighted by Crippen LogP contribution is -2.38.